The monoisotopic (exact) mass is 497 g/mol. The van der Waals surface area contributed by atoms with Crippen molar-refractivity contribution in [2.75, 3.05) is 26.4 Å². The molecule has 0 bridgehead atoms. The number of amides is 1. The Labute approximate surface area is 207 Å². The van der Waals surface area contributed by atoms with E-state index in [1.165, 1.54) is 23.1 Å². The molecule has 2 heterocycles. The molecule has 1 unspecified atom stereocenters. The van der Waals surface area contributed by atoms with Crippen LogP contribution in [0.25, 0.3) is 11.1 Å². The molecule has 5 rings (SSSR count). The molecule has 1 atom stereocenters. The zero-order chi connectivity index (χ0) is 25.3. The SMILES string of the molecule is Cc1ccccc1-c1cc2c(c(OC3CCOC3)c1)OCCN(C(=O)c1ccccc1C(F)(F)F)C2. The van der Waals surface area contributed by atoms with Gasteiger partial charge in [0.15, 0.2) is 11.5 Å². The van der Waals surface area contributed by atoms with Crippen LogP contribution in [0.1, 0.15) is 33.5 Å². The first-order chi connectivity index (χ1) is 17.3. The molecule has 0 aliphatic carbocycles. The summed E-state index contributed by atoms with van der Waals surface area (Å²) in [5.74, 6) is 0.372. The zero-order valence-electron chi connectivity index (χ0n) is 19.8. The van der Waals surface area contributed by atoms with E-state index in [0.717, 1.165) is 29.2 Å². The first-order valence-electron chi connectivity index (χ1n) is 11.9. The maximum Gasteiger partial charge on any atom is 0.417 e. The Bertz CT molecular complexity index is 1270. The van der Waals surface area contributed by atoms with Gasteiger partial charge >= 0.3 is 6.18 Å². The largest absolute Gasteiger partial charge is 0.487 e. The summed E-state index contributed by atoms with van der Waals surface area (Å²) in [5.41, 5.74) is 2.31. The van der Waals surface area contributed by atoms with Crippen LogP contribution in [0.4, 0.5) is 13.2 Å². The predicted octanol–water partition coefficient (Wildman–Crippen LogP) is 5.88. The highest BCUT2D eigenvalue weighted by molar-refractivity contribution is 5.96. The van der Waals surface area contributed by atoms with E-state index in [-0.39, 0.29) is 31.4 Å². The van der Waals surface area contributed by atoms with Gasteiger partial charge in [-0.1, -0.05) is 36.4 Å². The molecule has 8 heteroatoms. The highest BCUT2D eigenvalue weighted by Gasteiger charge is 2.36. The Morgan fingerprint density at radius 3 is 2.58 bits per heavy atom. The number of carbonyl (C=O) groups excluding carboxylic acids is 1. The van der Waals surface area contributed by atoms with Crippen molar-refractivity contribution in [2.24, 2.45) is 0 Å². The van der Waals surface area contributed by atoms with Gasteiger partial charge in [-0.25, -0.2) is 0 Å². The Kier molecular flexibility index (Phi) is 6.62. The van der Waals surface area contributed by atoms with E-state index in [0.29, 0.717) is 30.3 Å². The van der Waals surface area contributed by atoms with Crippen molar-refractivity contribution in [3.05, 3.63) is 82.9 Å². The van der Waals surface area contributed by atoms with Crippen LogP contribution in [-0.2, 0) is 17.5 Å². The molecule has 0 saturated carbocycles. The lowest BCUT2D eigenvalue weighted by Gasteiger charge is -2.23. The number of ether oxygens (including phenoxy) is 3. The molecule has 5 nitrogen and oxygen atoms in total. The van der Waals surface area contributed by atoms with Crippen molar-refractivity contribution in [1.82, 2.24) is 4.90 Å². The van der Waals surface area contributed by atoms with E-state index in [2.05, 4.69) is 0 Å². The number of benzene rings is 3. The molecule has 0 radical (unpaired) electrons. The molecule has 0 spiro atoms. The highest BCUT2D eigenvalue weighted by atomic mass is 19.4. The fourth-order valence-electron chi connectivity index (χ4n) is 4.67. The van der Waals surface area contributed by atoms with Crippen molar-refractivity contribution in [3.8, 4) is 22.6 Å². The third-order valence-corrected chi connectivity index (χ3v) is 6.49. The second kappa shape index (κ2) is 9.85. The second-order valence-electron chi connectivity index (χ2n) is 9.00. The number of halogens is 3. The van der Waals surface area contributed by atoms with Crippen molar-refractivity contribution in [1.29, 1.82) is 0 Å². The topological polar surface area (TPSA) is 48.0 Å². The van der Waals surface area contributed by atoms with Crippen LogP contribution in [-0.4, -0.2) is 43.3 Å². The minimum Gasteiger partial charge on any atom is -0.487 e. The Morgan fingerprint density at radius 2 is 1.83 bits per heavy atom. The van der Waals surface area contributed by atoms with E-state index in [4.69, 9.17) is 14.2 Å². The zero-order valence-corrected chi connectivity index (χ0v) is 19.8. The van der Waals surface area contributed by atoms with Gasteiger partial charge in [0.2, 0.25) is 0 Å². The van der Waals surface area contributed by atoms with Crippen LogP contribution in [0.15, 0.2) is 60.7 Å². The third kappa shape index (κ3) is 4.91. The normalized spacial score (nSPS) is 17.8. The summed E-state index contributed by atoms with van der Waals surface area (Å²) in [6.45, 7) is 3.47. The number of alkyl halides is 3. The average Bonchev–Trinajstić information content (AvgIpc) is 3.27. The molecule has 3 aromatic rings. The van der Waals surface area contributed by atoms with E-state index in [1.807, 2.05) is 43.3 Å². The van der Waals surface area contributed by atoms with Gasteiger partial charge in [-0.15, -0.1) is 0 Å². The number of nitrogens with zero attached hydrogens (tertiary/aromatic N) is 1. The van der Waals surface area contributed by atoms with Crippen LogP contribution < -0.4 is 9.47 Å². The van der Waals surface area contributed by atoms with Crippen LogP contribution in [0, 0.1) is 6.92 Å². The number of aryl methyl sites for hydroxylation is 1. The minimum absolute atomic E-state index is 0.0948. The van der Waals surface area contributed by atoms with Crippen molar-refractivity contribution >= 4 is 5.91 Å². The van der Waals surface area contributed by atoms with E-state index < -0.39 is 17.6 Å². The van der Waals surface area contributed by atoms with Gasteiger partial charge in [-0.2, -0.15) is 13.2 Å². The van der Waals surface area contributed by atoms with Crippen molar-refractivity contribution in [3.63, 3.8) is 0 Å². The lowest BCUT2D eigenvalue weighted by atomic mass is 9.97. The second-order valence-corrected chi connectivity index (χ2v) is 9.00. The summed E-state index contributed by atoms with van der Waals surface area (Å²) < 4.78 is 58.6. The average molecular weight is 498 g/mol. The molecular formula is C28H26F3NO4. The standard InChI is InChI=1S/C28H26F3NO4/c1-18-6-2-3-7-22(18)19-14-20-16-32(27(33)23-8-4-5-9-24(23)28(29,30)31)11-13-35-26(20)25(15-19)36-21-10-12-34-17-21/h2-9,14-15,21H,10-13,16-17H2,1H3. The number of hydrogen-bond donors (Lipinski definition) is 0. The molecule has 188 valence electrons. The van der Waals surface area contributed by atoms with Crippen LogP contribution >= 0.6 is 0 Å². The van der Waals surface area contributed by atoms with Crippen LogP contribution in [0.5, 0.6) is 11.5 Å². The Hall–Kier alpha value is -3.52. The minimum atomic E-state index is -4.63. The van der Waals surface area contributed by atoms with Gasteiger partial charge in [0.05, 0.1) is 30.9 Å². The fraction of sp³-hybridized carbons (Fsp3) is 0.321. The molecule has 2 aliphatic rings. The van der Waals surface area contributed by atoms with Crippen LogP contribution in [0.2, 0.25) is 0 Å². The van der Waals surface area contributed by atoms with Gasteiger partial charge in [-0.05, 0) is 47.9 Å². The summed E-state index contributed by atoms with van der Waals surface area (Å²) in [6.07, 6.45) is -4.00. The number of fused-ring (bicyclic) bond motifs is 1. The fourth-order valence-corrected chi connectivity index (χ4v) is 4.67. The lowest BCUT2D eigenvalue weighted by Crippen LogP contribution is -2.33. The summed E-state index contributed by atoms with van der Waals surface area (Å²) in [5, 5.41) is 0. The molecule has 3 aromatic carbocycles. The van der Waals surface area contributed by atoms with Gasteiger partial charge in [0.25, 0.3) is 5.91 Å². The number of rotatable bonds is 4. The molecule has 1 saturated heterocycles. The molecule has 0 aromatic heterocycles. The Balaban J connectivity index is 1.54. The lowest BCUT2D eigenvalue weighted by molar-refractivity contribution is -0.138. The first-order valence-corrected chi connectivity index (χ1v) is 11.9. The van der Waals surface area contributed by atoms with Gasteiger partial charge in [0, 0.05) is 18.5 Å². The first kappa shape index (κ1) is 24.2. The highest BCUT2D eigenvalue weighted by Crippen LogP contribution is 2.41. The quantitative estimate of drug-likeness (QED) is 0.452. The summed E-state index contributed by atoms with van der Waals surface area (Å²) in [4.78, 5) is 14.7. The van der Waals surface area contributed by atoms with Crippen molar-refractivity contribution < 1.29 is 32.2 Å². The van der Waals surface area contributed by atoms with Gasteiger partial charge < -0.3 is 19.1 Å². The molecule has 2 aliphatic heterocycles. The van der Waals surface area contributed by atoms with Gasteiger partial charge in [0.1, 0.15) is 12.7 Å². The number of carbonyl (C=O) groups is 1. The van der Waals surface area contributed by atoms with Crippen molar-refractivity contribution in [2.45, 2.75) is 32.2 Å². The predicted molar refractivity (Wildman–Crippen MR) is 128 cm³/mol. The summed E-state index contributed by atoms with van der Waals surface area (Å²) in [6, 6.07) is 16.6. The van der Waals surface area contributed by atoms with E-state index in [1.54, 1.807) is 0 Å². The maximum atomic E-state index is 13.6. The molecule has 36 heavy (non-hydrogen) atoms. The summed E-state index contributed by atoms with van der Waals surface area (Å²) >= 11 is 0. The van der Waals surface area contributed by atoms with Gasteiger partial charge in [-0.3, -0.25) is 4.79 Å². The Morgan fingerprint density at radius 1 is 1.06 bits per heavy atom. The molecule has 1 fully saturated rings. The summed E-state index contributed by atoms with van der Waals surface area (Å²) in [7, 11) is 0. The van der Waals surface area contributed by atoms with E-state index >= 15 is 0 Å². The van der Waals surface area contributed by atoms with E-state index in [9.17, 15) is 18.0 Å². The van der Waals surface area contributed by atoms with Crippen LogP contribution in [0.3, 0.4) is 0 Å². The number of hydrogen-bond acceptors (Lipinski definition) is 4. The maximum absolute atomic E-state index is 13.6. The molecule has 1 amide bonds. The smallest absolute Gasteiger partial charge is 0.417 e. The molecule has 0 N–H and O–H groups in total. The third-order valence-electron chi connectivity index (χ3n) is 6.49. The molecular weight excluding hydrogens is 471 g/mol.